The fourth-order valence-electron chi connectivity index (χ4n) is 4.10. The molecule has 5 heteroatoms. The zero-order valence-electron chi connectivity index (χ0n) is 18.1. The molecule has 3 N–H and O–H groups in total. The number of nitrogens with one attached hydrogen (secondary N) is 1. The summed E-state index contributed by atoms with van der Waals surface area (Å²) in [5.74, 6) is 7.58. The van der Waals surface area contributed by atoms with Crippen LogP contribution in [0.25, 0.3) is 21.8 Å². The third-order valence-electron chi connectivity index (χ3n) is 5.98. The molecule has 2 aromatic heterocycles. The minimum atomic E-state index is 0.488. The van der Waals surface area contributed by atoms with E-state index in [1.54, 1.807) is 0 Å². The summed E-state index contributed by atoms with van der Waals surface area (Å²) in [5, 5.41) is 5.33. The van der Waals surface area contributed by atoms with E-state index >= 15 is 0 Å². The summed E-state index contributed by atoms with van der Waals surface area (Å²) in [6.07, 6.45) is 4.44. The van der Waals surface area contributed by atoms with E-state index in [2.05, 4.69) is 74.3 Å². The van der Waals surface area contributed by atoms with Gasteiger partial charge in [0.15, 0.2) is 0 Å². The summed E-state index contributed by atoms with van der Waals surface area (Å²) >= 11 is 0. The molecule has 6 rings (SSSR count). The van der Waals surface area contributed by atoms with Gasteiger partial charge in [0, 0.05) is 40.8 Å². The van der Waals surface area contributed by atoms with E-state index in [0.29, 0.717) is 17.8 Å². The Balaban J connectivity index is 1.27. The number of nitrogens with two attached hydrogens (primary N) is 1. The molecule has 0 saturated heterocycles. The molecule has 1 aliphatic carbocycles. The third kappa shape index (κ3) is 3.99. The molecule has 2 heterocycles. The van der Waals surface area contributed by atoms with Crippen molar-refractivity contribution < 1.29 is 0 Å². The zero-order chi connectivity index (χ0) is 22.2. The largest absolute Gasteiger partial charge is 0.383 e. The second-order valence-electron chi connectivity index (χ2n) is 8.50. The number of benzene rings is 3. The van der Waals surface area contributed by atoms with Gasteiger partial charge in [0.05, 0.1) is 10.9 Å². The van der Waals surface area contributed by atoms with Crippen LogP contribution in [0.3, 0.4) is 0 Å². The lowest BCUT2D eigenvalue weighted by molar-refractivity contribution is 0.837. The number of hydrogen-bond donors (Lipinski definition) is 2. The summed E-state index contributed by atoms with van der Waals surface area (Å²) in [5.41, 5.74) is 11.6. The van der Waals surface area contributed by atoms with Crippen molar-refractivity contribution in [2.45, 2.75) is 25.4 Å². The topological polar surface area (TPSA) is 68.8 Å². The average Bonchev–Trinajstić information content (AvgIpc) is 3.56. The minimum absolute atomic E-state index is 0.488. The Morgan fingerprint density at radius 2 is 1.64 bits per heavy atom. The van der Waals surface area contributed by atoms with Gasteiger partial charge in [0.25, 0.3) is 0 Å². The molecule has 5 nitrogen and oxygen atoms in total. The summed E-state index contributed by atoms with van der Waals surface area (Å²) in [6, 6.07) is 25.2. The molecule has 3 aromatic carbocycles. The van der Waals surface area contributed by atoms with E-state index in [4.69, 9.17) is 5.73 Å². The lowest BCUT2D eigenvalue weighted by Gasteiger charge is -2.09. The van der Waals surface area contributed by atoms with Gasteiger partial charge in [0.2, 0.25) is 5.95 Å². The molecular weight excluding hydrogens is 406 g/mol. The van der Waals surface area contributed by atoms with Crippen molar-refractivity contribution >= 4 is 33.6 Å². The second-order valence-corrected chi connectivity index (χ2v) is 8.50. The molecule has 1 saturated carbocycles. The van der Waals surface area contributed by atoms with E-state index in [9.17, 15) is 0 Å². The Hall–Kier alpha value is -4.30. The molecule has 0 amide bonds. The van der Waals surface area contributed by atoms with Crippen LogP contribution in [0, 0.1) is 11.8 Å². The molecule has 5 aromatic rings. The quantitative estimate of drug-likeness (QED) is 0.386. The highest BCUT2D eigenvalue weighted by molar-refractivity contribution is 6.10. The lowest BCUT2D eigenvalue weighted by Crippen LogP contribution is -2.07. The van der Waals surface area contributed by atoms with Crippen LogP contribution in [0.2, 0.25) is 0 Å². The van der Waals surface area contributed by atoms with Gasteiger partial charge in [-0.3, -0.25) is 0 Å². The maximum atomic E-state index is 6.35. The first-order chi connectivity index (χ1) is 16.2. The molecule has 0 radical (unpaired) electrons. The Kier molecular flexibility index (Phi) is 4.70. The SMILES string of the molecule is Nc1nc(NC2CC2)nc2ccc3c(ccn3Cc3ccc(C#Cc4ccccc4)cc3)c12. The first-order valence-corrected chi connectivity index (χ1v) is 11.2. The van der Waals surface area contributed by atoms with Crippen molar-refractivity contribution in [2.75, 3.05) is 11.1 Å². The van der Waals surface area contributed by atoms with Crippen molar-refractivity contribution in [3.05, 3.63) is 95.7 Å². The molecule has 160 valence electrons. The highest BCUT2D eigenvalue weighted by Crippen LogP contribution is 2.31. The molecular formula is C28H23N5. The van der Waals surface area contributed by atoms with Crippen LogP contribution >= 0.6 is 0 Å². The van der Waals surface area contributed by atoms with Crippen LogP contribution in [0.4, 0.5) is 11.8 Å². The fourth-order valence-corrected chi connectivity index (χ4v) is 4.10. The van der Waals surface area contributed by atoms with E-state index < -0.39 is 0 Å². The van der Waals surface area contributed by atoms with Crippen molar-refractivity contribution in [1.29, 1.82) is 0 Å². The van der Waals surface area contributed by atoms with Crippen molar-refractivity contribution in [1.82, 2.24) is 14.5 Å². The van der Waals surface area contributed by atoms with Crippen LogP contribution in [0.5, 0.6) is 0 Å². The molecule has 0 aliphatic heterocycles. The highest BCUT2D eigenvalue weighted by atomic mass is 15.1. The van der Waals surface area contributed by atoms with Gasteiger partial charge in [-0.25, -0.2) is 4.98 Å². The summed E-state index contributed by atoms with van der Waals surface area (Å²) in [4.78, 5) is 9.19. The summed E-state index contributed by atoms with van der Waals surface area (Å²) < 4.78 is 2.23. The fraction of sp³-hybridized carbons (Fsp3) is 0.143. The molecule has 0 bridgehead atoms. The number of nitrogen functional groups attached to an aromatic ring is 1. The average molecular weight is 430 g/mol. The van der Waals surface area contributed by atoms with E-state index in [1.807, 2.05) is 36.4 Å². The van der Waals surface area contributed by atoms with Gasteiger partial charge in [-0.1, -0.05) is 42.2 Å². The molecule has 0 spiro atoms. The van der Waals surface area contributed by atoms with Gasteiger partial charge in [-0.15, -0.1) is 0 Å². The minimum Gasteiger partial charge on any atom is -0.383 e. The number of hydrogen-bond acceptors (Lipinski definition) is 4. The van der Waals surface area contributed by atoms with E-state index in [0.717, 1.165) is 39.5 Å². The molecule has 33 heavy (non-hydrogen) atoms. The number of aromatic nitrogens is 3. The predicted octanol–water partition coefficient (Wildman–Crippen LogP) is 5.19. The van der Waals surface area contributed by atoms with Gasteiger partial charge in [-0.2, -0.15) is 4.98 Å². The van der Waals surface area contributed by atoms with Crippen LogP contribution < -0.4 is 11.1 Å². The predicted molar refractivity (Wildman–Crippen MR) is 134 cm³/mol. The Labute approximate surface area is 192 Å². The maximum Gasteiger partial charge on any atom is 0.225 e. The normalized spacial score (nSPS) is 13.1. The Bertz CT molecular complexity index is 1520. The second kappa shape index (κ2) is 7.99. The molecule has 0 atom stereocenters. The smallest absolute Gasteiger partial charge is 0.225 e. The van der Waals surface area contributed by atoms with Gasteiger partial charge < -0.3 is 15.6 Å². The summed E-state index contributed by atoms with van der Waals surface area (Å²) in [6.45, 7) is 0.767. The van der Waals surface area contributed by atoms with Crippen LogP contribution in [0.15, 0.2) is 79.0 Å². The van der Waals surface area contributed by atoms with Gasteiger partial charge >= 0.3 is 0 Å². The maximum absolute atomic E-state index is 6.35. The molecule has 1 aliphatic rings. The zero-order valence-corrected chi connectivity index (χ0v) is 18.1. The monoisotopic (exact) mass is 429 g/mol. The van der Waals surface area contributed by atoms with Crippen LogP contribution in [-0.4, -0.2) is 20.6 Å². The van der Waals surface area contributed by atoms with E-state index in [1.165, 1.54) is 18.4 Å². The van der Waals surface area contributed by atoms with Crippen molar-refractivity contribution in [2.24, 2.45) is 0 Å². The van der Waals surface area contributed by atoms with Gasteiger partial charge in [0.1, 0.15) is 5.82 Å². The number of rotatable bonds is 4. The molecule has 0 unspecified atom stereocenters. The highest BCUT2D eigenvalue weighted by Gasteiger charge is 2.22. The third-order valence-corrected chi connectivity index (χ3v) is 5.98. The number of fused-ring (bicyclic) bond motifs is 3. The van der Waals surface area contributed by atoms with Crippen LogP contribution in [0.1, 0.15) is 29.5 Å². The lowest BCUT2D eigenvalue weighted by atomic mass is 10.1. The van der Waals surface area contributed by atoms with Crippen LogP contribution in [-0.2, 0) is 6.54 Å². The van der Waals surface area contributed by atoms with Gasteiger partial charge in [-0.05, 0) is 60.9 Å². The molecule has 1 fully saturated rings. The number of anilines is 2. The van der Waals surface area contributed by atoms with Crippen molar-refractivity contribution in [3.63, 3.8) is 0 Å². The van der Waals surface area contributed by atoms with Crippen molar-refractivity contribution in [3.8, 4) is 11.8 Å². The Morgan fingerprint density at radius 1 is 0.879 bits per heavy atom. The first kappa shape index (κ1) is 19.4. The van der Waals surface area contributed by atoms with E-state index in [-0.39, 0.29) is 0 Å². The Morgan fingerprint density at radius 3 is 2.39 bits per heavy atom. The summed E-state index contributed by atoms with van der Waals surface area (Å²) in [7, 11) is 0. The first-order valence-electron chi connectivity index (χ1n) is 11.2. The standard InChI is InChI=1S/C28H23N5/c29-27-26-23-16-17-33(25(23)15-14-24(26)31-28(32-27)30-22-12-13-22)18-21-10-8-20(9-11-21)7-6-19-4-2-1-3-5-19/h1-5,8-11,14-17,22H,12-13,18H2,(H3,29,30,31,32). The number of nitrogens with zero attached hydrogens (tertiary/aromatic N) is 3.